The van der Waals surface area contributed by atoms with Crippen molar-refractivity contribution in [3.05, 3.63) is 33.7 Å². The van der Waals surface area contributed by atoms with Crippen LogP contribution in [0.15, 0.2) is 28.8 Å². The highest BCUT2D eigenvalue weighted by Gasteiger charge is 2.36. The van der Waals surface area contributed by atoms with E-state index in [2.05, 4.69) is 39.7 Å². The van der Waals surface area contributed by atoms with Crippen molar-refractivity contribution in [2.45, 2.75) is 38.1 Å². The van der Waals surface area contributed by atoms with E-state index >= 15 is 0 Å². The molecule has 0 radical (unpaired) electrons. The third kappa shape index (κ3) is 2.74. The Morgan fingerprint density at radius 3 is 2.80 bits per heavy atom. The van der Waals surface area contributed by atoms with Crippen molar-refractivity contribution in [2.75, 3.05) is 0 Å². The van der Waals surface area contributed by atoms with Gasteiger partial charge < -0.3 is 10.3 Å². The van der Waals surface area contributed by atoms with E-state index < -0.39 is 5.54 Å². The highest BCUT2D eigenvalue weighted by Crippen LogP contribution is 2.36. The second-order valence-electron chi connectivity index (χ2n) is 5.77. The molecule has 1 aliphatic rings. The Kier molecular flexibility index (Phi) is 3.81. The normalized spacial score (nSPS) is 26.6. The molecule has 0 saturated heterocycles. The molecule has 106 valence electrons. The molecule has 1 heterocycles. The molecule has 1 aromatic heterocycles. The smallest absolute Gasteiger partial charge is 0.258 e. The van der Waals surface area contributed by atoms with Crippen LogP contribution in [0.4, 0.5) is 0 Å². The molecular weight excluding hydrogens is 365 g/mol. The molecule has 2 N–H and O–H groups in total. The largest absolute Gasteiger partial charge is 0.334 e. The molecule has 0 aliphatic heterocycles. The Bertz CT molecular complexity index is 603. The lowest BCUT2D eigenvalue weighted by atomic mass is 9.77. The highest BCUT2D eigenvalue weighted by molar-refractivity contribution is 14.1. The van der Waals surface area contributed by atoms with Crippen LogP contribution in [0.1, 0.15) is 38.4 Å². The monoisotopic (exact) mass is 383 g/mol. The minimum Gasteiger partial charge on any atom is -0.334 e. The average Bonchev–Trinajstić information content (AvgIpc) is 2.93. The van der Waals surface area contributed by atoms with Gasteiger partial charge in [0, 0.05) is 9.13 Å². The van der Waals surface area contributed by atoms with Crippen molar-refractivity contribution in [3.8, 4) is 11.5 Å². The minimum absolute atomic E-state index is 0.420. The number of hydrogen-bond acceptors (Lipinski definition) is 4. The van der Waals surface area contributed by atoms with Gasteiger partial charge in [-0.05, 0) is 72.4 Å². The summed E-state index contributed by atoms with van der Waals surface area (Å²) in [6.45, 7) is 2.27. The zero-order valence-corrected chi connectivity index (χ0v) is 13.6. The summed E-state index contributed by atoms with van der Waals surface area (Å²) >= 11 is 2.27. The molecular formula is C15H18IN3O. The summed E-state index contributed by atoms with van der Waals surface area (Å²) in [6.07, 6.45) is 4.12. The molecule has 2 aromatic rings. The van der Waals surface area contributed by atoms with Gasteiger partial charge in [0.25, 0.3) is 5.89 Å². The number of benzene rings is 1. The third-order valence-corrected chi connectivity index (χ3v) is 4.78. The first-order valence-corrected chi connectivity index (χ1v) is 8.04. The molecule has 5 heteroatoms. The number of aromatic nitrogens is 2. The van der Waals surface area contributed by atoms with Crippen molar-refractivity contribution in [3.63, 3.8) is 0 Å². The summed E-state index contributed by atoms with van der Waals surface area (Å²) in [4.78, 5) is 4.54. The first-order chi connectivity index (χ1) is 9.57. The van der Waals surface area contributed by atoms with E-state index in [-0.39, 0.29) is 0 Å². The Hall–Kier alpha value is -0.950. The van der Waals surface area contributed by atoms with E-state index in [1.54, 1.807) is 0 Å². The Morgan fingerprint density at radius 1 is 1.35 bits per heavy atom. The van der Waals surface area contributed by atoms with Gasteiger partial charge in [0.1, 0.15) is 0 Å². The van der Waals surface area contributed by atoms with Gasteiger partial charge in [0.2, 0.25) is 0 Å². The molecule has 1 fully saturated rings. The Labute approximate surface area is 132 Å². The maximum absolute atomic E-state index is 6.48. The summed E-state index contributed by atoms with van der Waals surface area (Å²) in [6, 6.07) is 8.03. The van der Waals surface area contributed by atoms with Crippen molar-refractivity contribution >= 4 is 22.6 Å². The molecule has 1 aromatic carbocycles. The summed E-state index contributed by atoms with van der Waals surface area (Å²) < 4.78 is 6.55. The Morgan fingerprint density at radius 2 is 2.10 bits per heavy atom. The summed E-state index contributed by atoms with van der Waals surface area (Å²) in [5.74, 6) is 1.95. The number of rotatable bonds is 2. The lowest BCUT2D eigenvalue weighted by Gasteiger charge is -2.33. The van der Waals surface area contributed by atoms with Crippen molar-refractivity contribution in [1.82, 2.24) is 10.1 Å². The SMILES string of the molecule is CC1CCC(N)(c2noc(-c3cccc(I)c3)n2)CC1. The lowest BCUT2D eigenvalue weighted by Crippen LogP contribution is -2.41. The van der Waals surface area contributed by atoms with Crippen LogP contribution in [0.5, 0.6) is 0 Å². The van der Waals surface area contributed by atoms with Crippen LogP contribution in [0.25, 0.3) is 11.5 Å². The number of nitrogens with zero attached hydrogens (tertiary/aromatic N) is 2. The molecule has 0 atom stereocenters. The second-order valence-corrected chi connectivity index (χ2v) is 7.02. The zero-order valence-electron chi connectivity index (χ0n) is 11.5. The predicted molar refractivity (Wildman–Crippen MR) is 85.9 cm³/mol. The van der Waals surface area contributed by atoms with Gasteiger partial charge in [-0.2, -0.15) is 4.98 Å². The first kappa shape index (κ1) is 14.0. The number of nitrogens with two attached hydrogens (primary N) is 1. The van der Waals surface area contributed by atoms with E-state index in [0.29, 0.717) is 11.7 Å². The molecule has 4 nitrogen and oxygen atoms in total. The van der Waals surface area contributed by atoms with Crippen LogP contribution < -0.4 is 5.73 Å². The molecule has 3 rings (SSSR count). The van der Waals surface area contributed by atoms with Crippen LogP contribution in [0, 0.1) is 9.49 Å². The summed E-state index contributed by atoms with van der Waals surface area (Å²) in [5.41, 5.74) is 7.00. The van der Waals surface area contributed by atoms with Gasteiger partial charge >= 0.3 is 0 Å². The van der Waals surface area contributed by atoms with Crippen molar-refractivity contribution in [1.29, 1.82) is 0 Å². The van der Waals surface area contributed by atoms with E-state index in [0.717, 1.165) is 40.7 Å². The van der Waals surface area contributed by atoms with Crippen molar-refractivity contribution < 1.29 is 4.52 Å². The first-order valence-electron chi connectivity index (χ1n) is 6.96. The minimum atomic E-state index is -0.420. The molecule has 1 aliphatic carbocycles. The molecule has 0 bridgehead atoms. The van der Waals surface area contributed by atoms with Crippen LogP contribution in [-0.4, -0.2) is 10.1 Å². The van der Waals surface area contributed by atoms with E-state index in [4.69, 9.17) is 10.3 Å². The maximum Gasteiger partial charge on any atom is 0.258 e. The Balaban J connectivity index is 1.87. The van der Waals surface area contributed by atoms with Crippen molar-refractivity contribution in [2.24, 2.45) is 11.7 Å². The van der Waals surface area contributed by atoms with E-state index in [9.17, 15) is 0 Å². The average molecular weight is 383 g/mol. The maximum atomic E-state index is 6.48. The van der Waals surface area contributed by atoms with Gasteiger partial charge in [-0.1, -0.05) is 18.1 Å². The van der Waals surface area contributed by atoms with Gasteiger partial charge in [-0.15, -0.1) is 0 Å². The summed E-state index contributed by atoms with van der Waals surface area (Å²) in [5, 5.41) is 4.13. The molecule has 20 heavy (non-hydrogen) atoms. The highest BCUT2D eigenvalue weighted by atomic mass is 127. The fourth-order valence-corrected chi connectivity index (χ4v) is 3.21. The molecule has 0 unspecified atom stereocenters. The van der Waals surface area contributed by atoms with Gasteiger partial charge in [0.15, 0.2) is 5.82 Å². The molecule has 0 amide bonds. The lowest BCUT2D eigenvalue weighted by molar-refractivity contribution is 0.230. The topological polar surface area (TPSA) is 64.9 Å². The quantitative estimate of drug-likeness (QED) is 0.804. The fourth-order valence-electron chi connectivity index (χ4n) is 2.67. The van der Waals surface area contributed by atoms with Crippen LogP contribution in [-0.2, 0) is 5.54 Å². The zero-order chi connectivity index (χ0) is 14.2. The molecule has 1 saturated carbocycles. The van der Waals surface area contributed by atoms with Gasteiger partial charge in [-0.25, -0.2) is 0 Å². The van der Waals surface area contributed by atoms with Gasteiger partial charge in [-0.3, -0.25) is 0 Å². The van der Waals surface area contributed by atoms with Crippen LogP contribution in [0.2, 0.25) is 0 Å². The molecule has 0 spiro atoms. The number of hydrogen-bond donors (Lipinski definition) is 1. The predicted octanol–water partition coefficient (Wildman–Crippen LogP) is 3.71. The van der Waals surface area contributed by atoms with Crippen LogP contribution in [0.3, 0.4) is 0 Å². The van der Waals surface area contributed by atoms with Crippen LogP contribution >= 0.6 is 22.6 Å². The summed E-state index contributed by atoms with van der Waals surface area (Å²) in [7, 11) is 0. The number of halogens is 1. The van der Waals surface area contributed by atoms with E-state index in [1.807, 2.05) is 24.3 Å². The third-order valence-electron chi connectivity index (χ3n) is 4.11. The second kappa shape index (κ2) is 5.44. The fraction of sp³-hybridized carbons (Fsp3) is 0.467. The van der Waals surface area contributed by atoms with E-state index in [1.165, 1.54) is 0 Å². The standard InChI is InChI=1S/C15H18IN3O/c1-10-5-7-15(17,8-6-10)14-18-13(20-19-14)11-3-2-4-12(16)9-11/h2-4,9-10H,5-8,17H2,1H3. The van der Waals surface area contributed by atoms with Gasteiger partial charge in [0.05, 0.1) is 5.54 Å².